The van der Waals surface area contributed by atoms with Gasteiger partial charge in [-0.1, -0.05) is 6.07 Å². The molecule has 136 valence electrons. The molecule has 1 aliphatic heterocycles. The van der Waals surface area contributed by atoms with Crippen LogP contribution in [0, 0.1) is 0 Å². The maximum absolute atomic E-state index is 12.5. The zero-order chi connectivity index (χ0) is 18.9. The van der Waals surface area contributed by atoms with Crippen LogP contribution in [0.25, 0.3) is 0 Å². The second-order valence-corrected chi connectivity index (χ2v) is 5.72. The Morgan fingerprint density at radius 1 is 1.31 bits per heavy atom. The molecule has 2 heterocycles. The van der Waals surface area contributed by atoms with Crippen LogP contribution in [-0.2, 0) is 11.0 Å². The molecular weight excluding hydrogens is 351 g/mol. The topological polar surface area (TPSA) is 80.3 Å². The highest BCUT2D eigenvalue weighted by Gasteiger charge is 2.32. The normalized spacial score (nSPS) is 14.7. The molecule has 26 heavy (non-hydrogen) atoms. The predicted octanol–water partition coefficient (Wildman–Crippen LogP) is 2.92. The van der Waals surface area contributed by atoms with Crippen molar-refractivity contribution < 1.29 is 27.5 Å². The number of pyridine rings is 1. The van der Waals surface area contributed by atoms with Crippen molar-refractivity contribution in [3.8, 4) is 5.75 Å². The number of halogens is 3. The van der Waals surface area contributed by atoms with E-state index in [1.54, 1.807) is 25.1 Å². The third-order valence-corrected chi connectivity index (χ3v) is 3.80. The van der Waals surface area contributed by atoms with E-state index in [0.29, 0.717) is 17.0 Å². The molecule has 0 saturated heterocycles. The fraction of sp³-hybridized carbons (Fsp3) is 0.235. The Morgan fingerprint density at radius 2 is 2.08 bits per heavy atom. The summed E-state index contributed by atoms with van der Waals surface area (Å²) in [6.07, 6.45) is -3.68. The van der Waals surface area contributed by atoms with Gasteiger partial charge in [0.1, 0.15) is 11.4 Å². The van der Waals surface area contributed by atoms with Crippen LogP contribution in [0.15, 0.2) is 36.5 Å². The largest absolute Gasteiger partial charge is 0.482 e. The van der Waals surface area contributed by atoms with Crippen LogP contribution in [0.4, 0.5) is 18.9 Å². The maximum atomic E-state index is 12.5. The number of rotatable bonds is 3. The number of benzene rings is 1. The number of nitrogens with one attached hydrogen (secondary N) is 2. The Morgan fingerprint density at radius 3 is 2.73 bits per heavy atom. The van der Waals surface area contributed by atoms with Gasteiger partial charge in [-0.2, -0.15) is 13.2 Å². The van der Waals surface area contributed by atoms with Crippen LogP contribution < -0.4 is 15.4 Å². The molecule has 0 aliphatic carbocycles. The van der Waals surface area contributed by atoms with Gasteiger partial charge in [-0.25, -0.2) is 0 Å². The zero-order valence-corrected chi connectivity index (χ0v) is 13.6. The minimum Gasteiger partial charge on any atom is -0.482 e. The van der Waals surface area contributed by atoms with Crippen molar-refractivity contribution >= 4 is 17.5 Å². The molecule has 0 spiro atoms. The number of ether oxygens (including phenoxy) is 1. The highest BCUT2D eigenvalue weighted by molar-refractivity contribution is 5.96. The lowest BCUT2D eigenvalue weighted by Crippen LogP contribution is -2.28. The molecule has 0 radical (unpaired) electrons. The van der Waals surface area contributed by atoms with E-state index in [1.807, 2.05) is 0 Å². The predicted molar refractivity (Wildman–Crippen MR) is 85.7 cm³/mol. The number of nitrogens with zero attached hydrogens (tertiary/aromatic N) is 1. The summed E-state index contributed by atoms with van der Waals surface area (Å²) in [7, 11) is 0. The lowest BCUT2D eigenvalue weighted by molar-refractivity contribution is -0.141. The van der Waals surface area contributed by atoms with Crippen molar-refractivity contribution in [2.75, 3.05) is 11.9 Å². The number of hydrogen-bond donors (Lipinski definition) is 2. The highest BCUT2D eigenvalue weighted by Crippen LogP contribution is 2.31. The van der Waals surface area contributed by atoms with E-state index in [0.717, 1.165) is 18.3 Å². The third-order valence-electron chi connectivity index (χ3n) is 3.80. The number of hydrogen-bond acceptors (Lipinski definition) is 4. The van der Waals surface area contributed by atoms with Gasteiger partial charge in [-0.15, -0.1) is 0 Å². The van der Waals surface area contributed by atoms with E-state index in [4.69, 9.17) is 4.74 Å². The van der Waals surface area contributed by atoms with Gasteiger partial charge in [0.05, 0.1) is 17.3 Å². The molecule has 3 rings (SSSR count). The quantitative estimate of drug-likeness (QED) is 0.877. The summed E-state index contributed by atoms with van der Waals surface area (Å²) >= 11 is 0. The summed E-state index contributed by atoms with van der Waals surface area (Å²) in [6, 6.07) is 6.44. The van der Waals surface area contributed by atoms with E-state index >= 15 is 0 Å². The number of alkyl halides is 3. The van der Waals surface area contributed by atoms with Crippen molar-refractivity contribution in [3.05, 3.63) is 53.3 Å². The highest BCUT2D eigenvalue weighted by atomic mass is 19.4. The number of aromatic nitrogens is 1. The second-order valence-electron chi connectivity index (χ2n) is 5.72. The van der Waals surface area contributed by atoms with Crippen molar-refractivity contribution in [2.24, 2.45) is 0 Å². The number of anilines is 1. The molecule has 0 bridgehead atoms. The summed E-state index contributed by atoms with van der Waals surface area (Å²) in [4.78, 5) is 26.8. The molecule has 9 heteroatoms. The summed E-state index contributed by atoms with van der Waals surface area (Å²) in [5.74, 6) is -0.308. The van der Waals surface area contributed by atoms with Crippen molar-refractivity contribution in [3.63, 3.8) is 0 Å². The minimum absolute atomic E-state index is 0.0134. The SMILES string of the molecule is CC(NC(=O)c1ccc(C(F)(F)F)nc1)c1ccc2c(c1)NC(=O)CO2. The molecule has 1 atom stereocenters. The van der Waals surface area contributed by atoms with Gasteiger partial charge in [0.2, 0.25) is 0 Å². The van der Waals surface area contributed by atoms with E-state index < -0.39 is 23.8 Å². The molecular formula is C17H14F3N3O3. The maximum Gasteiger partial charge on any atom is 0.433 e. The monoisotopic (exact) mass is 365 g/mol. The van der Waals surface area contributed by atoms with Gasteiger partial charge >= 0.3 is 6.18 Å². The van der Waals surface area contributed by atoms with Crippen LogP contribution in [0.2, 0.25) is 0 Å². The van der Waals surface area contributed by atoms with E-state index in [2.05, 4.69) is 15.6 Å². The summed E-state index contributed by atoms with van der Waals surface area (Å²) in [5, 5.41) is 5.34. The van der Waals surface area contributed by atoms with E-state index in [1.165, 1.54) is 0 Å². The average molecular weight is 365 g/mol. The fourth-order valence-corrected chi connectivity index (χ4v) is 2.43. The molecule has 1 aromatic heterocycles. The third kappa shape index (κ3) is 3.76. The molecule has 2 aromatic rings. The molecule has 1 unspecified atom stereocenters. The smallest absolute Gasteiger partial charge is 0.433 e. The first-order chi connectivity index (χ1) is 12.2. The molecule has 0 fully saturated rings. The molecule has 0 saturated carbocycles. The lowest BCUT2D eigenvalue weighted by Gasteiger charge is -2.21. The Balaban J connectivity index is 1.71. The van der Waals surface area contributed by atoms with Gasteiger partial charge in [0.15, 0.2) is 6.61 Å². The molecule has 1 aliphatic rings. The van der Waals surface area contributed by atoms with Crippen LogP contribution in [0.3, 0.4) is 0 Å². The lowest BCUT2D eigenvalue weighted by atomic mass is 10.1. The first kappa shape index (κ1) is 17.7. The van der Waals surface area contributed by atoms with Crippen molar-refractivity contribution in [1.29, 1.82) is 0 Å². The Bertz CT molecular complexity index is 851. The van der Waals surface area contributed by atoms with Crippen molar-refractivity contribution in [2.45, 2.75) is 19.1 Å². The summed E-state index contributed by atoms with van der Waals surface area (Å²) in [6.45, 7) is 1.65. The Hall–Kier alpha value is -3.10. The first-order valence-corrected chi connectivity index (χ1v) is 7.65. The summed E-state index contributed by atoms with van der Waals surface area (Å²) < 4.78 is 42.8. The fourth-order valence-electron chi connectivity index (χ4n) is 2.43. The average Bonchev–Trinajstić information content (AvgIpc) is 2.60. The van der Waals surface area contributed by atoms with Crippen molar-refractivity contribution in [1.82, 2.24) is 10.3 Å². The van der Waals surface area contributed by atoms with Gasteiger partial charge in [-0.05, 0) is 36.8 Å². The zero-order valence-electron chi connectivity index (χ0n) is 13.6. The Kier molecular flexibility index (Phi) is 4.54. The number of fused-ring (bicyclic) bond motifs is 1. The van der Waals surface area contributed by atoms with E-state index in [9.17, 15) is 22.8 Å². The number of carbonyl (C=O) groups is 2. The van der Waals surface area contributed by atoms with Gasteiger partial charge in [-0.3, -0.25) is 14.6 Å². The van der Waals surface area contributed by atoms with Gasteiger partial charge in [0, 0.05) is 6.20 Å². The van der Waals surface area contributed by atoms with E-state index in [-0.39, 0.29) is 18.1 Å². The minimum atomic E-state index is -4.56. The number of amides is 2. The van der Waals surface area contributed by atoms with Crippen LogP contribution in [0.1, 0.15) is 34.6 Å². The Labute approximate surface area is 146 Å². The first-order valence-electron chi connectivity index (χ1n) is 7.65. The molecule has 6 nitrogen and oxygen atoms in total. The van der Waals surface area contributed by atoms with Gasteiger partial charge in [0.25, 0.3) is 11.8 Å². The molecule has 2 amide bonds. The van der Waals surface area contributed by atoms with Crippen LogP contribution in [-0.4, -0.2) is 23.4 Å². The standard InChI is InChI=1S/C17H14F3N3O3/c1-9(10-2-4-13-12(6-10)23-15(24)8-26-13)22-16(25)11-3-5-14(21-7-11)17(18,19)20/h2-7,9H,8H2,1H3,(H,22,25)(H,23,24). The van der Waals surface area contributed by atoms with Crippen LogP contribution >= 0.6 is 0 Å². The summed E-state index contributed by atoms with van der Waals surface area (Å²) in [5.41, 5.74) is 0.144. The number of carbonyl (C=O) groups excluding carboxylic acids is 2. The van der Waals surface area contributed by atoms with Crippen LogP contribution in [0.5, 0.6) is 5.75 Å². The molecule has 1 aromatic carbocycles. The van der Waals surface area contributed by atoms with Gasteiger partial charge < -0.3 is 15.4 Å². The second kappa shape index (κ2) is 6.66. The molecule has 2 N–H and O–H groups in total.